The van der Waals surface area contributed by atoms with E-state index in [1.165, 1.54) is 6.26 Å². The molecular formula is C9H11IO2S. The van der Waals surface area contributed by atoms with Crippen molar-refractivity contribution in [3.05, 3.63) is 33.4 Å². The maximum Gasteiger partial charge on any atom is 0.147 e. The Morgan fingerprint density at radius 2 is 2.08 bits per heavy atom. The second kappa shape index (κ2) is 4.41. The molecule has 0 unspecified atom stereocenters. The first-order valence-corrected chi connectivity index (χ1v) is 7.03. The molecule has 0 fully saturated rings. The van der Waals surface area contributed by atoms with Gasteiger partial charge in [-0.15, -0.1) is 0 Å². The van der Waals surface area contributed by atoms with Crippen molar-refractivity contribution in [1.82, 2.24) is 0 Å². The van der Waals surface area contributed by atoms with Gasteiger partial charge in [0.15, 0.2) is 0 Å². The summed E-state index contributed by atoms with van der Waals surface area (Å²) >= 11 is 2.22. The molecule has 1 rings (SSSR count). The van der Waals surface area contributed by atoms with Gasteiger partial charge in [-0.25, -0.2) is 8.42 Å². The van der Waals surface area contributed by atoms with Gasteiger partial charge in [0.05, 0.1) is 5.75 Å². The maximum atomic E-state index is 10.9. The Labute approximate surface area is 92.4 Å². The molecule has 0 bridgehead atoms. The Morgan fingerprint density at radius 3 is 2.62 bits per heavy atom. The number of halogens is 1. The zero-order valence-corrected chi connectivity index (χ0v) is 10.3. The van der Waals surface area contributed by atoms with E-state index < -0.39 is 9.84 Å². The van der Waals surface area contributed by atoms with E-state index in [-0.39, 0.29) is 5.75 Å². The smallest absolute Gasteiger partial charge is 0.147 e. The van der Waals surface area contributed by atoms with Gasteiger partial charge in [0, 0.05) is 9.83 Å². The van der Waals surface area contributed by atoms with E-state index in [9.17, 15) is 8.42 Å². The minimum Gasteiger partial charge on any atom is -0.229 e. The van der Waals surface area contributed by atoms with Crippen LogP contribution in [0.15, 0.2) is 24.3 Å². The first kappa shape index (κ1) is 11.0. The van der Waals surface area contributed by atoms with Crippen molar-refractivity contribution in [2.45, 2.75) is 6.42 Å². The third-order valence-corrected chi connectivity index (χ3v) is 3.27. The molecule has 0 radical (unpaired) electrons. The van der Waals surface area contributed by atoms with E-state index >= 15 is 0 Å². The Hall–Kier alpha value is -0.100. The lowest BCUT2D eigenvalue weighted by Gasteiger charge is -2.00. The summed E-state index contributed by atoms with van der Waals surface area (Å²) in [7, 11) is -2.84. The Kier molecular flexibility index (Phi) is 3.73. The summed E-state index contributed by atoms with van der Waals surface area (Å²) in [6, 6.07) is 7.89. The molecule has 0 aromatic heterocycles. The van der Waals surface area contributed by atoms with Crippen LogP contribution < -0.4 is 0 Å². The van der Waals surface area contributed by atoms with Crippen molar-refractivity contribution >= 4 is 32.4 Å². The SMILES string of the molecule is CS(=O)(=O)CCc1cccc(I)c1. The molecular weight excluding hydrogens is 299 g/mol. The third-order valence-electron chi connectivity index (χ3n) is 1.65. The van der Waals surface area contributed by atoms with Crippen LogP contribution in [0.1, 0.15) is 5.56 Å². The summed E-state index contributed by atoms with van der Waals surface area (Å²) in [6.45, 7) is 0. The van der Waals surface area contributed by atoms with E-state index in [0.29, 0.717) is 6.42 Å². The molecule has 0 heterocycles. The predicted molar refractivity (Wildman–Crippen MR) is 62.6 cm³/mol. The lowest BCUT2D eigenvalue weighted by atomic mass is 10.2. The fraction of sp³-hybridized carbons (Fsp3) is 0.333. The zero-order valence-electron chi connectivity index (χ0n) is 7.33. The second-order valence-corrected chi connectivity index (χ2v) is 6.52. The largest absolute Gasteiger partial charge is 0.229 e. The van der Waals surface area contributed by atoms with E-state index in [1.807, 2.05) is 24.3 Å². The van der Waals surface area contributed by atoms with Gasteiger partial charge < -0.3 is 0 Å². The molecule has 2 nitrogen and oxygen atoms in total. The molecule has 0 saturated carbocycles. The van der Waals surface area contributed by atoms with E-state index in [0.717, 1.165) is 9.13 Å². The maximum absolute atomic E-state index is 10.9. The van der Waals surface area contributed by atoms with Gasteiger partial charge in [-0.3, -0.25) is 0 Å². The van der Waals surface area contributed by atoms with Crippen LogP contribution in [0.25, 0.3) is 0 Å². The summed E-state index contributed by atoms with van der Waals surface area (Å²) in [6.07, 6.45) is 1.87. The van der Waals surface area contributed by atoms with Gasteiger partial charge >= 0.3 is 0 Å². The highest BCUT2D eigenvalue weighted by Gasteiger charge is 2.02. The minimum atomic E-state index is -2.84. The van der Waals surface area contributed by atoms with Crippen LogP contribution in [0, 0.1) is 3.57 Å². The van der Waals surface area contributed by atoms with Crippen LogP contribution in [-0.4, -0.2) is 20.4 Å². The van der Waals surface area contributed by atoms with Crippen LogP contribution >= 0.6 is 22.6 Å². The molecule has 0 N–H and O–H groups in total. The predicted octanol–water partition coefficient (Wildman–Crippen LogP) is 1.88. The number of rotatable bonds is 3. The topological polar surface area (TPSA) is 34.1 Å². The summed E-state index contributed by atoms with van der Waals surface area (Å²) in [4.78, 5) is 0. The van der Waals surface area contributed by atoms with Crippen molar-refractivity contribution in [1.29, 1.82) is 0 Å². The third kappa shape index (κ3) is 4.61. The molecule has 13 heavy (non-hydrogen) atoms. The number of hydrogen-bond acceptors (Lipinski definition) is 2. The minimum absolute atomic E-state index is 0.229. The molecule has 1 aromatic rings. The summed E-state index contributed by atoms with van der Waals surface area (Å²) < 4.78 is 22.9. The molecule has 4 heteroatoms. The Morgan fingerprint density at radius 1 is 1.38 bits per heavy atom. The van der Waals surface area contributed by atoms with E-state index in [4.69, 9.17) is 0 Å². The Bertz CT molecular complexity index is 384. The van der Waals surface area contributed by atoms with Crippen molar-refractivity contribution in [3.63, 3.8) is 0 Å². The Balaban J connectivity index is 2.65. The molecule has 1 aromatic carbocycles. The number of sulfone groups is 1. The average molecular weight is 310 g/mol. The first-order valence-electron chi connectivity index (χ1n) is 3.89. The highest BCUT2D eigenvalue weighted by molar-refractivity contribution is 14.1. The highest BCUT2D eigenvalue weighted by Crippen LogP contribution is 2.08. The molecule has 0 aliphatic heterocycles. The zero-order chi connectivity index (χ0) is 9.90. The van der Waals surface area contributed by atoms with E-state index in [1.54, 1.807) is 0 Å². The molecule has 0 amide bonds. The van der Waals surface area contributed by atoms with Gasteiger partial charge in [0.25, 0.3) is 0 Å². The lowest BCUT2D eigenvalue weighted by Crippen LogP contribution is -2.05. The second-order valence-electron chi connectivity index (χ2n) is 3.01. The van der Waals surface area contributed by atoms with Gasteiger partial charge in [-0.05, 0) is 46.7 Å². The van der Waals surface area contributed by atoms with E-state index in [2.05, 4.69) is 22.6 Å². The van der Waals surface area contributed by atoms with Gasteiger partial charge in [0.2, 0.25) is 0 Å². The van der Waals surface area contributed by atoms with Crippen LogP contribution in [0.2, 0.25) is 0 Å². The molecule has 0 saturated heterocycles. The van der Waals surface area contributed by atoms with Gasteiger partial charge in [0.1, 0.15) is 9.84 Å². The number of benzene rings is 1. The molecule has 0 aliphatic carbocycles. The molecule has 72 valence electrons. The molecule has 0 atom stereocenters. The monoisotopic (exact) mass is 310 g/mol. The van der Waals surface area contributed by atoms with Gasteiger partial charge in [-0.2, -0.15) is 0 Å². The quantitative estimate of drug-likeness (QED) is 0.799. The van der Waals surface area contributed by atoms with Crippen molar-refractivity contribution in [2.75, 3.05) is 12.0 Å². The van der Waals surface area contributed by atoms with Crippen LogP contribution in [0.3, 0.4) is 0 Å². The lowest BCUT2D eigenvalue weighted by molar-refractivity contribution is 0.601. The first-order chi connectivity index (χ1) is 5.97. The standard InChI is InChI=1S/C9H11IO2S/c1-13(11,12)6-5-8-3-2-4-9(10)7-8/h2-4,7H,5-6H2,1H3. The summed E-state index contributed by atoms with van der Waals surface area (Å²) in [5.74, 6) is 0.229. The van der Waals surface area contributed by atoms with Crippen molar-refractivity contribution in [3.8, 4) is 0 Å². The van der Waals surface area contributed by atoms with Crippen molar-refractivity contribution in [2.24, 2.45) is 0 Å². The summed E-state index contributed by atoms with van der Waals surface area (Å²) in [5, 5.41) is 0. The number of hydrogen-bond donors (Lipinski definition) is 0. The summed E-state index contributed by atoms with van der Waals surface area (Å²) in [5.41, 5.74) is 1.08. The van der Waals surface area contributed by atoms with Crippen LogP contribution in [0.5, 0.6) is 0 Å². The van der Waals surface area contributed by atoms with Gasteiger partial charge in [-0.1, -0.05) is 12.1 Å². The molecule has 0 spiro atoms. The van der Waals surface area contributed by atoms with Crippen molar-refractivity contribution < 1.29 is 8.42 Å². The van der Waals surface area contributed by atoms with Crippen LogP contribution in [0.4, 0.5) is 0 Å². The fourth-order valence-corrected chi connectivity index (χ4v) is 2.21. The average Bonchev–Trinajstić information content (AvgIpc) is 2.00. The highest BCUT2D eigenvalue weighted by atomic mass is 127. The van der Waals surface area contributed by atoms with Crippen LogP contribution in [-0.2, 0) is 16.3 Å². The normalized spacial score (nSPS) is 11.5. The molecule has 0 aliphatic rings. The number of aryl methyl sites for hydroxylation is 1. The fourth-order valence-electron chi connectivity index (χ4n) is 0.996.